The zero-order valence-corrected chi connectivity index (χ0v) is 12.6. The number of amides is 1. The van der Waals surface area contributed by atoms with Gasteiger partial charge in [0.15, 0.2) is 0 Å². The van der Waals surface area contributed by atoms with Gasteiger partial charge in [0.2, 0.25) is 5.91 Å². The van der Waals surface area contributed by atoms with E-state index in [1.54, 1.807) is 36.4 Å². The Kier molecular flexibility index (Phi) is 3.99. The number of nitrogens with one attached hydrogen (secondary N) is 2. The van der Waals surface area contributed by atoms with Crippen LogP contribution in [0.1, 0.15) is 16.1 Å². The number of benzene rings is 1. The lowest BCUT2D eigenvalue weighted by atomic mass is 10.1. The number of aromatic carboxylic acids is 1. The topological polar surface area (TPSA) is 97.9 Å². The smallest absolute Gasteiger partial charge is 0.230 e. The fraction of sp³-hybridized carbons (Fsp3) is 0.0625. The number of anilines is 1. The molecule has 0 radical (unpaired) electrons. The highest BCUT2D eigenvalue weighted by Crippen LogP contribution is 2.23. The summed E-state index contributed by atoms with van der Waals surface area (Å²) in [6.07, 6.45) is 1.30. The first-order valence-electron chi connectivity index (χ1n) is 6.77. The van der Waals surface area contributed by atoms with E-state index in [4.69, 9.17) is 11.6 Å². The molecular formula is C16H11ClN3O3-. The van der Waals surface area contributed by atoms with Crippen molar-refractivity contribution < 1.29 is 14.7 Å². The van der Waals surface area contributed by atoms with E-state index in [2.05, 4.69) is 15.3 Å². The molecule has 2 aromatic heterocycles. The number of carbonyl (C=O) groups excluding carboxylic acids is 2. The molecule has 0 aliphatic heterocycles. The van der Waals surface area contributed by atoms with Crippen molar-refractivity contribution in [3.8, 4) is 0 Å². The minimum Gasteiger partial charge on any atom is -0.543 e. The third-order valence-electron chi connectivity index (χ3n) is 3.35. The van der Waals surface area contributed by atoms with Gasteiger partial charge < -0.3 is 20.2 Å². The zero-order chi connectivity index (χ0) is 16.4. The maximum Gasteiger partial charge on any atom is 0.230 e. The standard InChI is InChI=1S/C16H12ClN3O3/c17-9-5-6-13(18-8-9)20-14(21)7-11-10-3-1-2-4-12(10)19-15(11)16(22)23/h1-6,8,19H,7H2,(H,22,23)(H,18,20,21)/p-1. The first-order chi connectivity index (χ1) is 11.0. The van der Waals surface area contributed by atoms with Crippen molar-refractivity contribution in [2.24, 2.45) is 0 Å². The molecule has 0 spiro atoms. The molecule has 0 unspecified atom stereocenters. The van der Waals surface area contributed by atoms with Crippen LogP contribution in [0, 0.1) is 0 Å². The third-order valence-corrected chi connectivity index (χ3v) is 3.57. The van der Waals surface area contributed by atoms with Crippen LogP contribution < -0.4 is 10.4 Å². The van der Waals surface area contributed by atoms with Gasteiger partial charge >= 0.3 is 0 Å². The first kappa shape index (κ1) is 15.1. The number of rotatable bonds is 4. The normalized spacial score (nSPS) is 10.7. The average Bonchev–Trinajstić information content (AvgIpc) is 2.89. The Labute approximate surface area is 136 Å². The highest BCUT2D eigenvalue weighted by molar-refractivity contribution is 6.30. The Bertz CT molecular complexity index is 887. The lowest BCUT2D eigenvalue weighted by Crippen LogP contribution is -2.25. The van der Waals surface area contributed by atoms with Crippen LogP contribution in [-0.2, 0) is 11.2 Å². The Morgan fingerprint density at radius 2 is 2.00 bits per heavy atom. The molecule has 3 aromatic rings. The quantitative estimate of drug-likeness (QED) is 0.762. The number of carbonyl (C=O) groups is 2. The van der Waals surface area contributed by atoms with Crippen LogP contribution >= 0.6 is 11.6 Å². The number of hydrogen-bond acceptors (Lipinski definition) is 4. The molecule has 23 heavy (non-hydrogen) atoms. The van der Waals surface area contributed by atoms with Gasteiger partial charge in [-0.25, -0.2) is 4.98 Å². The van der Waals surface area contributed by atoms with Crippen molar-refractivity contribution in [1.29, 1.82) is 0 Å². The summed E-state index contributed by atoms with van der Waals surface area (Å²) in [5.41, 5.74) is 0.927. The number of halogens is 1. The number of pyridine rings is 1. The lowest BCUT2D eigenvalue weighted by Gasteiger charge is -2.07. The highest BCUT2D eigenvalue weighted by atomic mass is 35.5. The Hall–Kier alpha value is -2.86. The molecular weight excluding hydrogens is 318 g/mol. The molecule has 2 heterocycles. The van der Waals surface area contributed by atoms with Gasteiger partial charge in [-0.15, -0.1) is 0 Å². The van der Waals surface area contributed by atoms with Crippen molar-refractivity contribution >= 4 is 40.2 Å². The predicted molar refractivity (Wildman–Crippen MR) is 84.2 cm³/mol. The fourth-order valence-electron chi connectivity index (χ4n) is 2.36. The summed E-state index contributed by atoms with van der Waals surface area (Å²) in [6, 6.07) is 10.2. The van der Waals surface area contributed by atoms with Gasteiger partial charge in [-0.3, -0.25) is 4.79 Å². The predicted octanol–water partition coefficient (Wildman–Crippen LogP) is 1.76. The second-order valence-corrected chi connectivity index (χ2v) is 5.33. The number of para-hydroxylation sites is 1. The third kappa shape index (κ3) is 3.17. The van der Waals surface area contributed by atoms with Crippen molar-refractivity contribution in [3.05, 3.63) is 58.9 Å². The Morgan fingerprint density at radius 1 is 1.22 bits per heavy atom. The molecule has 1 aromatic carbocycles. The minimum atomic E-state index is -1.35. The number of carboxylic acids is 1. The van der Waals surface area contributed by atoms with E-state index in [0.29, 0.717) is 27.3 Å². The fourth-order valence-corrected chi connectivity index (χ4v) is 2.47. The SMILES string of the molecule is O=C(Cc1c(C(=O)[O-])[nH]c2ccccc12)Nc1ccc(Cl)cn1. The van der Waals surface area contributed by atoms with Gasteiger partial charge in [0.1, 0.15) is 5.82 Å². The molecule has 0 aliphatic carbocycles. The minimum absolute atomic E-state index is 0.0922. The number of carboxylic acid groups (broad SMARTS) is 1. The van der Waals surface area contributed by atoms with Gasteiger partial charge in [-0.2, -0.15) is 0 Å². The lowest BCUT2D eigenvalue weighted by molar-refractivity contribution is -0.255. The number of nitrogens with zero attached hydrogens (tertiary/aromatic N) is 1. The molecule has 0 aliphatic rings. The van der Waals surface area contributed by atoms with Crippen LogP contribution in [0.4, 0.5) is 5.82 Å². The number of H-pyrrole nitrogens is 1. The molecule has 3 rings (SSSR count). The molecule has 116 valence electrons. The van der Waals surface area contributed by atoms with E-state index in [1.807, 2.05) is 0 Å². The summed E-state index contributed by atoms with van der Waals surface area (Å²) in [4.78, 5) is 30.2. The van der Waals surface area contributed by atoms with E-state index < -0.39 is 5.97 Å². The van der Waals surface area contributed by atoms with E-state index >= 15 is 0 Å². The van der Waals surface area contributed by atoms with Gasteiger partial charge in [0.25, 0.3) is 0 Å². The monoisotopic (exact) mass is 328 g/mol. The molecule has 1 amide bonds. The Balaban J connectivity index is 1.88. The number of hydrogen-bond donors (Lipinski definition) is 2. The summed E-state index contributed by atoms with van der Waals surface area (Å²) in [6.45, 7) is 0. The number of aromatic nitrogens is 2. The van der Waals surface area contributed by atoms with Crippen LogP contribution in [0.3, 0.4) is 0 Å². The molecule has 0 bridgehead atoms. The Morgan fingerprint density at radius 3 is 2.70 bits per heavy atom. The summed E-state index contributed by atoms with van der Waals surface area (Å²) in [7, 11) is 0. The first-order valence-corrected chi connectivity index (χ1v) is 7.14. The molecule has 2 N–H and O–H groups in total. The molecule has 0 saturated heterocycles. The average molecular weight is 329 g/mol. The second-order valence-electron chi connectivity index (χ2n) is 4.90. The van der Waals surface area contributed by atoms with Crippen LogP contribution in [0.5, 0.6) is 0 Å². The summed E-state index contributed by atoms with van der Waals surface area (Å²) in [5.74, 6) is -1.39. The van der Waals surface area contributed by atoms with Crippen LogP contribution in [0.15, 0.2) is 42.6 Å². The van der Waals surface area contributed by atoms with Gasteiger partial charge in [-0.05, 0) is 23.8 Å². The van der Waals surface area contributed by atoms with Crippen molar-refractivity contribution in [2.75, 3.05) is 5.32 Å². The molecule has 0 fully saturated rings. The second kappa shape index (κ2) is 6.10. The summed E-state index contributed by atoms with van der Waals surface area (Å²) in [5, 5.41) is 15.0. The van der Waals surface area contributed by atoms with Gasteiger partial charge in [0.05, 0.1) is 23.1 Å². The van der Waals surface area contributed by atoms with Crippen LogP contribution in [-0.4, -0.2) is 21.8 Å². The van der Waals surface area contributed by atoms with E-state index in [-0.39, 0.29) is 18.0 Å². The highest BCUT2D eigenvalue weighted by Gasteiger charge is 2.15. The van der Waals surface area contributed by atoms with Crippen LogP contribution in [0.25, 0.3) is 10.9 Å². The zero-order valence-electron chi connectivity index (χ0n) is 11.8. The molecule has 0 atom stereocenters. The molecule has 6 nitrogen and oxygen atoms in total. The summed E-state index contributed by atoms with van der Waals surface area (Å²) >= 11 is 5.73. The molecule has 0 saturated carbocycles. The van der Waals surface area contributed by atoms with E-state index in [0.717, 1.165) is 0 Å². The van der Waals surface area contributed by atoms with Crippen molar-refractivity contribution in [1.82, 2.24) is 9.97 Å². The van der Waals surface area contributed by atoms with Gasteiger partial charge in [0, 0.05) is 17.1 Å². The van der Waals surface area contributed by atoms with Crippen molar-refractivity contribution in [3.63, 3.8) is 0 Å². The van der Waals surface area contributed by atoms with Gasteiger partial charge in [-0.1, -0.05) is 29.8 Å². The molecule has 7 heteroatoms. The number of fused-ring (bicyclic) bond motifs is 1. The van der Waals surface area contributed by atoms with E-state index in [1.165, 1.54) is 6.20 Å². The maximum absolute atomic E-state index is 12.2. The largest absolute Gasteiger partial charge is 0.543 e. The van der Waals surface area contributed by atoms with Crippen molar-refractivity contribution in [2.45, 2.75) is 6.42 Å². The summed E-state index contributed by atoms with van der Waals surface area (Å²) < 4.78 is 0. The van der Waals surface area contributed by atoms with E-state index in [9.17, 15) is 14.7 Å². The maximum atomic E-state index is 12.2. The number of aromatic amines is 1. The van der Waals surface area contributed by atoms with Crippen LogP contribution in [0.2, 0.25) is 5.02 Å².